The van der Waals surface area contributed by atoms with E-state index >= 15 is 0 Å². The van der Waals surface area contributed by atoms with Crippen LogP contribution in [0.15, 0.2) is 22.7 Å². The van der Waals surface area contributed by atoms with Gasteiger partial charge in [-0.2, -0.15) is 0 Å². The number of halogens is 1. The molecule has 0 aromatic heterocycles. The molecule has 0 spiro atoms. The van der Waals surface area contributed by atoms with Gasteiger partial charge in [0.25, 0.3) is 0 Å². The maximum Gasteiger partial charge on any atom is 0.0587 e. The zero-order valence-corrected chi connectivity index (χ0v) is 13.8. The van der Waals surface area contributed by atoms with Crippen LogP contribution >= 0.6 is 15.9 Å². The second kappa shape index (κ2) is 9.34. The Hall–Kier alpha value is -0.580. The Bertz CT molecular complexity index is 371. The lowest BCUT2D eigenvalue weighted by atomic mass is 10.2. The van der Waals surface area contributed by atoms with Gasteiger partial charge < -0.3 is 15.0 Å². The van der Waals surface area contributed by atoms with Crippen LogP contribution in [0, 0.1) is 0 Å². The molecular formula is C15H25BrN2O. The first-order chi connectivity index (χ1) is 9.19. The molecule has 0 amide bonds. The van der Waals surface area contributed by atoms with Crippen molar-refractivity contribution < 1.29 is 4.74 Å². The molecule has 1 N–H and O–H groups in total. The molecule has 0 bridgehead atoms. The van der Waals surface area contributed by atoms with E-state index in [0.717, 1.165) is 30.7 Å². The van der Waals surface area contributed by atoms with Gasteiger partial charge in [0, 0.05) is 38.3 Å². The number of nitrogens with zero attached hydrogens (tertiary/aromatic N) is 1. The van der Waals surface area contributed by atoms with E-state index in [9.17, 15) is 0 Å². The summed E-state index contributed by atoms with van der Waals surface area (Å²) in [5, 5.41) is 3.35. The molecule has 1 aromatic carbocycles. The van der Waals surface area contributed by atoms with Gasteiger partial charge in [0.05, 0.1) is 12.3 Å². The van der Waals surface area contributed by atoms with E-state index in [2.05, 4.69) is 58.3 Å². The van der Waals surface area contributed by atoms with E-state index in [1.807, 2.05) is 0 Å². The molecule has 4 heteroatoms. The van der Waals surface area contributed by atoms with Crippen molar-refractivity contribution in [3.8, 4) is 0 Å². The molecule has 3 nitrogen and oxygen atoms in total. The third-order valence-electron chi connectivity index (χ3n) is 3.08. The molecule has 0 aliphatic heterocycles. The molecule has 0 saturated carbocycles. The molecule has 1 aromatic rings. The summed E-state index contributed by atoms with van der Waals surface area (Å²) in [6.07, 6.45) is 2.45. The van der Waals surface area contributed by atoms with Gasteiger partial charge in [-0.25, -0.2) is 0 Å². The zero-order chi connectivity index (χ0) is 14.1. The molecule has 0 saturated heterocycles. The summed E-state index contributed by atoms with van der Waals surface area (Å²) in [7, 11) is 3.87. The summed E-state index contributed by atoms with van der Waals surface area (Å²) in [6, 6.07) is 6.56. The number of methoxy groups -OCH3 is 1. The van der Waals surface area contributed by atoms with Gasteiger partial charge in [-0.05, 0) is 40.0 Å². The average Bonchev–Trinajstić information content (AvgIpc) is 2.41. The van der Waals surface area contributed by atoms with Crippen molar-refractivity contribution in [2.75, 3.05) is 38.8 Å². The van der Waals surface area contributed by atoms with Crippen molar-refractivity contribution >= 4 is 21.6 Å². The van der Waals surface area contributed by atoms with Gasteiger partial charge in [-0.1, -0.05) is 19.4 Å². The largest absolute Gasteiger partial charge is 0.383 e. The van der Waals surface area contributed by atoms with Crippen LogP contribution in [-0.4, -0.2) is 33.9 Å². The first-order valence-electron chi connectivity index (χ1n) is 6.88. The van der Waals surface area contributed by atoms with E-state index in [0.29, 0.717) is 0 Å². The Balaban J connectivity index is 2.53. The van der Waals surface area contributed by atoms with Crippen molar-refractivity contribution in [1.82, 2.24) is 5.32 Å². The van der Waals surface area contributed by atoms with Crippen LogP contribution in [-0.2, 0) is 11.3 Å². The first kappa shape index (κ1) is 16.5. The first-order valence-corrected chi connectivity index (χ1v) is 7.67. The highest BCUT2D eigenvalue weighted by atomic mass is 79.9. The van der Waals surface area contributed by atoms with Gasteiger partial charge in [0.2, 0.25) is 0 Å². The Morgan fingerprint density at radius 1 is 1.37 bits per heavy atom. The van der Waals surface area contributed by atoms with Crippen LogP contribution < -0.4 is 10.2 Å². The number of nitrogens with one attached hydrogen (secondary N) is 1. The maximum atomic E-state index is 5.01. The summed E-state index contributed by atoms with van der Waals surface area (Å²) in [6.45, 7) is 5.82. The Morgan fingerprint density at radius 2 is 2.16 bits per heavy atom. The summed E-state index contributed by atoms with van der Waals surface area (Å²) >= 11 is 3.67. The average molecular weight is 329 g/mol. The smallest absolute Gasteiger partial charge is 0.0587 e. The van der Waals surface area contributed by atoms with Crippen molar-refractivity contribution in [1.29, 1.82) is 0 Å². The SMILES string of the molecule is CCCCN(C)c1ccc(CNCCOC)cc1Br. The number of rotatable bonds is 9. The molecule has 108 valence electrons. The molecule has 0 radical (unpaired) electrons. The fraction of sp³-hybridized carbons (Fsp3) is 0.600. The Labute approximate surface area is 125 Å². The van der Waals surface area contributed by atoms with Crippen LogP contribution in [0.4, 0.5) is 5.69 Å². The molecule has 19 heavy (non-hydrogen) atoms. The minimum Gasteiger partial charge on any atom is -0.383 e. The summed E-state index contributed by atoms with van der Waals surface area (Å²) in [5.74, 6) is 0. The zero-order valence-electron chi connectivity index (χ0n) is 12.2. The standard InChI is InChI=1S/C15H25BrN2O/c1-4-5-9-18(2)15-7-6-13(11-14(15)16)12-17-8-10-19-3/h6-7,11,17H,4-5,8-10,12H2,1-3H3. The highest BCUT2D eigenvalue weighted by Crippen LogP contribution is 2.26. The third kappa shape index (κ3) is 5.93. The fourth-order valence-electron chi connectivity index (χ4n) is 1.89. The van der Waals surface area contributed by atoms with Crippen molar-refractivity contribution in [2.24, 2.45) is 0 Å². The monoisotopic (exact) mass is 328 g/mol. The van der Waals surface area contributed by atoms with Gasteiger partial charge >= 0.3 is 0 Å². The van der Waals surface area contributed by atoms with Gasteiger partial charge in [-0.3, -0.25) is 0 Å². The van der Waals surface area contributed by atoms with Crippen LogP contribution in [0.5, 0.6) is 0 Å². The van der Waals surface area contributed by atoms with Crippen molar-refractivity contribution in [3.05, 3.63) is 28.2 Å². The highest BCUT2D eigenvalue weighted by molar-refractivity contribution is 9.10. The molecule has 0 aliphatic rings. The molecule has 1 rings (SSSR count). The van der Waals surface area contributed by atoms with E-state index in [4.69, 9.17) is 4.74 Å². The molecule has 0 atom stereocenters. The predicted octanol–water partition coefficient (Wildman–Crippen LogP) is 3.42. The van der Waals surface area contributed by atoms with Crippen LogP contribution in [0.25, 0.3) is 0 Å². The number of hydrogen-bond acceptors (Lipinski definition) is 3. The summed E-state index contributed by atoms with van der Waals surface area (Å²) in [4.78, 5) is 2.30. The number of anilines is 1. The Kier molecular flexibility index (Phi) is 8.10. The number of hydrogen-bond donors (Lipinski definition) is 1. The van der Waals surface area contributed by atoms with Gasteiger partial charge in [-0.15, -0.1) is 0 Å². The second-order valence-corrected chi connectivity index (χ2v) is 5.58. The summed E-state index contributed by atoms with van der Waals surface area (Å²) in [5.41, 5.74) is 2.55. The van der Waals surface area contributed by atoms with E-state index in [1.54, 1.807) is 7.11 Å². The Morgan fingerprint density at radius 3 is 2.79 bits per heavy atom. The van der Waals surface area contributed by atoms with Crippen LogP contribution in [0.3, 0.4) is 0 Å². The molecular weight excluding hydrogens is 304 g/mol. The highest BCUT2D eigenvalue weighted by Gasteiger charge is 2.06. The summed E-state index contributed by atoms with van der Waals surface area (Å²) < 4.78 is 6.18. The molecule has 0 aliphatic carbocycles. The van der Waals surface area contributed by atoms with E-state index < -0.39 is 0 Å². The van der Waals surface area contributed by atoms with Crippen molar-refractivity contribution in [2.45, 2.75) is 26.3 Å². The predicted molar refractivity (Wildman–Crippen MR) is 85.9 cm³/mol. The molecule has 0 heterocycles. The third-order valence-corrected chi connectivity index (χ3v) is 3.72. The van der Waals surface area contributed by atoms with Crippen LogP contribution in [0.2, 0.25) is 0 Å². The minimum atomic E-state index is 0.749. The number of benzene rings is 1. The van der Waals surface area contributed by atoms with E-state index in [1.165, 1.54) is 24.1 Å². The van der Waals surface area contributed by atoms with Gasteiger partial charge in [0.15, 0.2) is 0 Å². The normalized spacial score (nSPS) is 10.7. The lowest BCUT2D eigenvalue weighted by molar-refractivity contribution is 0.199. The molecule has 0 fully saturated rings. The van der Waals surface area contributed by atoms with Gasteiger partial charge in [0.1, 0.15) is 0 Å². The van der Waals surface area contributed by atoms with Crippen LogP contribution in [0.1, 0.15) is 25.3 Å². The fourth-order valence-corrected chi connectivity index (χ4v) is 2.62. The topological polar surface area (TPSA) is 24.5 Å². The maximum absolute atomic E-state index is 5.01. The quantitative estimate of drug-likeness (QED) is 0.703. The minimum absolute atomic E-state index is 0.749. The lowest BCUT2D eigenvalue weighted by Crippen LogP contribution is -2.20. The van der Waals surface area contributed by atoms with E-state index in [-0.39, 0.29) is 0 Å². The lowest BCUT2D eigenvalue weighted by Gasteiger charge is -2.21. The second-order valence-electron chi connectivity index (χ2n) is 4.73. The number of unbranched alkanes of at least 4 members (excludes halogenated alkanes) is 1. The van der Waals surface area contributed by atoms with Crippen molar-refractivity contribution in [3.63, 3.8) is 0 Å². The molecule has 0 unspecified atom stereocenters. The number of ether oxygens (including phenoxy) is 1.